The van der Waals surface area contributed by atoms with Gasteiger partial charge in [-0.25, -0.2) is 13.6 Å². The first-order valence-electron chi connectivity index (χ1n) is 9.97. The Morgan fingerprint density at radius 3 is 2.45 bits per heavy atom. The number of hydrogen-bond donors (Lipinski definition) is 2. The third-order valence-electron chi connectivity index (χ3n) is 5.03. The molecule has 0 aliphatic carbocycles. The smallest absolute Gasteiger partial charge is 0.238 e. The predicted molar refractivity (Wildman–Crippen MR) is 137 cm³/mol. The zero-order valence-corrected chi connectivity index (χ0v) is 20.8. The van der Waals surface area contributed by atoms with Crippen molar-refractivity contribution in [3.63, 3.8) is 0 Å². The Hall–Kier alpha value is -1.95. The average molecular weight is 555 g/mol. The molecule has 0 atom stereocenters. The molecule has 0 bridgehead atoms. The van der Waals surface area contributed by atoms with Crippen molar-refractivity contribution in [2.24, 2.45) is 10.1 Å². The van der Waals surface area contributed by atoms with E-state index in [0.29, 0.717) is 6.54 Å². The van der Waals surface area contributed by atoms with E-state index >= 15 is 0 Å². The van der Waals surface area contributed by atoms with Gasteiger partial charge in [0.05, 0.1) is 4.90 Å². The molecule has 168 valence electrons. The van der Waals surface area contributed by atoms with Crippen LogP contribution in [0.4, 0.5) is 0 Å². The fraction of sp³-hybridized carbons (Fsp3) is 0.318. The molecule has 0 spiro atoms. The lowest BCUT2D eigenvalue weighted by Gasteiger charge is -2.36. The highest BCUT2D eigenvalue weighted by Gasteiger charge is 2.18. The Morgan fingerprint density at radius 1 is 1.10 bits per heavy atom. The Bertz CT molecular complexity index is 988. The standard InChI is InChI=1S/C22H29N5O2S.HI/c1-24-22(25-18-20-9-5-11-21(17-20)30(23,28)29)27-15-13-26(14-16-27)12-6-10-19-7-3-2-4-8-19;/h2-11,17H,12-16,18H2,1H3,(H,24,25)(H2,23,28,29);1H/b10-6+;. The van der Waals surface area contributed by atoms with Crippen molar-refractivity contribution < 1.29 is 8.42 Å². The lowest BCUT2D eigenvalue weighted by Crippen LogP contribution is -2.52. The van der Waals surface area contributed by atoms with Crippen LogP contribution in [0.25, 0.3) is 6.08 Å². The van der Waals surface area contributed by atoms with Crippen LogP contribution in [0.15, 0.2) is 70.6 Å². The molecule has 0 amide bonds. The largest absolute Gasteiger partial charge is 0.352 e. The first kappa shape index (κ1) is 25.3. The molecule has 2 aromatic carbocycles. The van der Waals surface area contributed by atoms with Gasteiger partial charge in [0.2, 0.25) is 10.0 Å². The fourth-order valence-corrected chi connectivity index (χ4v) is 3.97. The molecule has 3 N–H and O–H groups in total. The molecule has 31 heavy (non-hydrogen) atoms. The van der Waals surface area contributed by atoms with Crippen LogP contribution in [-0.4, -0.2) is 63.9 Å². The van der Waals surface area contributed by atoms with E-state index in [1.54, 1.807) is 19.2 Å². The molecule has 0 radical (unpaired) electrons. The Morgan fingerprint density at radius 2 is 1.81 bits per heavy atom. The number of benzene rings is 2. The SMILES string of the molecule is CN=C(NCc1cccc(S(N)(=O)=O)c1)N1CCN(C/C=C/c2ccccc2)CC1.I. The molecule has 1 aliphatic rings. The topological polar surface area (TPSA) is 91.0 Å². The summed E-state index contributed by atoms with van der Waals surface area (Å²) >= 11 is 0. The van der Waals surface area contributed by atoms with Gasteiger partial charge in [0.1, 0.15) is 0 Å². The van der Waals surface area contributed by atoms with E-state index in [-0.39, 0.29) is 28.9 Å². The van der Waals surface area contributed by atoms with E-state index in [9.17, 15) is 8.42 Å². The Kier molecular flexibility index (Phi) is 9.94. The minimum Gasteiger partial charge on any atom is -0.352 e. The molecule has 1 fully saturated rings. The van der Waals surface area contributed by atoms with Crippen LogP contribution < -0.4 is 10.5 Å². The van der Waals surface area contributed by atoms with Crippen molar-refractivity contribution in [2.75, 3.05) is 39.8 Å². The summed E-state index contributed by atoms with van der Waals surface area (Å²) in [5, 5.41) is 8.54. The van der Waals surface area contributed by atoms with Crippen LogP contribution in [0.5, 0.6) is 0 Å². The second-order valence-corrected chi connectivity index (χ2v) is 8.76. The van der Waals surface area contributed by atoms with Gasteiger partial charge in [-0.2, -0.15) is 0 Å². The van der Waals surface area contributed by atoms with E-state index < -0.39 is 10.0 Å². The number of hydrogen-bond acceptors (Lipinski definition) is 4. The molecule has 7 nitrogen and oxygen atoms in total. The number of nitrogens with zero attached hydrogens (tertiary/aromatic N) is 3. The Balaban J connectivity index is 0.00000341. The number of sulfonamides is 1. The zero-order chi connectivity index (χ0) is 21.4. The third-order valence-corrected chi connectivity index (χ3v) is 5.95. The number of nitrogens with one attached hydrogen (secondary N) is 1. The van der Waals surface area contributed by atoms with Gasteiger partial charge in [-0.15, -0.1) is 24.0 Å². The highest BCUT2D eigenvalue weighted by molar-refractivity contribution is 14.0. The van der Waals surface area contributed by atoms with Crippen molar-refractivity contribution in [3.8, 4) is 0 Å². The van der Waals surface area contributed by atoms with Crippen molar-refractivity contribution in [2.45, 2.75) is 11.4 Å². The zero-order valence-electron chi connectivity index (χ0n) is 17.6. The fourth-order valence-electron chi connectivity index (χ4n) is 3.39. The average Bonchev–Trinajstić information content (AvgIpc) is 2.75. The Labute approximate surface area is 202 Å². The van der Waals surface area contributed by atoms with Gasteiger partial charge in [-0.05, 0) is 23.3 Å². The second-order valence-electron chi connectivity index (χ2n) is 7.19. The lowest BCUT2D eigenvalue weighted by molar-refractivity contribution is 0.194. The van der Waals surface area contributed by atoms with E-state index in [0.717, 1.165) is 44.2 Å². The lowest BCUT2D eigenvalue weighted by atomic mass is 10.2. The molecule has 0 unspecified atom stereocenters. The van der Waals surface area contributed by atoms with Crippen LogP contribution in [0.3, 0.4) is 0 Å². The highest BCUT2D eigenvalue weighted by atomic mass is 127. The van der Waals surface area contributed by atoms with Crippen LogP contribution in [0, 0.1) is 0 Å². The van der Waals surface area contributed by atoms with E-state index in [1.165, 1.54) is 11.6 Å². The number of piperazine rings is 1. The molecule has 2 aromatic rings. The van der Waals surface area contributed by atoms with Crippen molar-refractivity contribution in [1.29, 1.82) is 0 Å². The number of aliphatic imine (C=N–C) groups is 1. The maximum Gasteiger partial charge on any atom is 0.238 e. The molecule has 0 aromatic heterocycles. The van der Waals surface area contributed by atoms with Crippen molar-refractivity contribution in [1.82, 2.24) is 15.1 Å². The first-order valence-corrected chi connectivity index (χ1v) is 11.5. The predicted octanol–water partition coefficient (Wildman–Crippen LogP) is 2.36. The van der Waals surface area contributed by atoms with Crippen molar-refractivity contribution >= 4 is 46.0 Å². The minimum atomic E-state index is -3.70. The molecule has 1 heterocycles. The van der Waals surface area contributed by atoms with Crippen LogP contribution in [-0.2, 0) is 16.6 Å². The van der Waals surface area contributed by atoms with Crippen LogP contribution >= 0.6 is 24.0 Å². The summed E-state index contributed by atoms with van der Waals surface area (Å²) < 4.78 is 23.1. The van der Waals surface area contributed by atoms with Gasteiger partial charge in [0, 0.05) is 46.3 Å². The quantitative estimate of drug-likeness (QED) is 0.325. The van der Waals surface area contributed by atoms with E-state index in [2.05, 4.69) is 44.4 Å². The molecule has 3 rings (SSSR count). The molecule has 9 heteroatoms. The molecule has 0 saturated carbocycles. The summed E-state index contributed by atoms with van der Waals surface area (Å²) in [5.41, 5.74) is 2.06. The van der Waals surface area contributed by atoms with E-state index in [4.69, 9.17) is 5.14 Å². The summed E-state index contributed by atoms with van der Waals surface area (Å²) in [6, 6.07) is 17.0. The summed E-state index contributed by atoms with van der Waals surface area (Å²) in [7, 11) is -1.94. The van der Waals surface area contributed by atoms with Gasteiger partial charge in [-0.1, -0.05) is 54.6 Å². The summed E-state index contributed by atoms with van der Waals surface area (Å²) in [6.07, 6.45) is 4.36. The summed E-state index contributed by atoms with van der Waals surface area (Å²) in [5.74, 6) is 0.815. The van der Waals surface area contributed by atoms with Crippen LogP contribution in [0.2, 0.25) is 0 Å². The number of halogens is 1. The minimum absolute atomic E-state index is 0. The van der Waals surface area contributed by atoms with Crippen molar-refractivity contribution in [3.05, 3.63) is 71.8 Å². The molecular weight excluding hydrogens is 525 g/mol. The summed E-state index contributed by atoms with van der Waals surface area (Å²) in [6.45, 7) is 5.10. The second kappa shape index (κ2) is 12.2. The molecule has 1 saturated heterocycles. The maximum atomic E-state index is 11.5. The highest BCUT2D eigenvalue weighted by Crippen LogP contribution is 2.10. The number of nitrogens with two attached hydrogens (primary N) is 1. The van der Waals surface area contributed by atoms with Gasteiger partial charge < -0.3 is 10.2 Å². The van der Waals surface area contributed by atoms with Gasteiger partial charge in [0.25, 0.3) is 0 Å². The normalized spacial score (nSPS) is 15.7. The first-order chi connectivity index (χ1) is 14.5. The van der Waals surface area contributed by atoms with Gasteiger partial charge in [-0.3, -0.25) is 9.89 Å². The molecule has 1 aliphatic heterocycles. The number of primary sulfonamides is 1. The summed E-state index contributed by atoms with van der Waals surface area (Å²) in [4.78, 5) is 9.14. The van der Waals surface area contributed by atoms with Gasteiger partial charge >= 0.3 is 0 Å². The van der Waals surface area contributed by atoms with E-state index in [1.807, 2.05) is 24.3 Å². The number of rotatable bonds is 6. The maximum absolute atomic E-state index is 11.5. The van der Waals surface area contributed by atoms with Crippen LogP contribution in [0.1, 0.15) is 11.1 Å². The third kappa shape index (κ3) is 7.91. The number of guanidine groups is 1. The molecular formula is C22H30IN5O2S. The monoisotopic (exact) mass is 555 g/mol. The van der Waals surface area contributed by atoms with Gasteiger partial charge in [0.15, 0.2) is 5.96 Å².